The number of allylic oxidation sites excluding steroid dienone is 2. The van der Waals surface area contributed by atoms with Crippen LogP contribution in [-0.4, -0.2) is 5.92 Å². The van der Waals surface area contributed by atoms with E-state index in [0.717, 1.165) is 6.08 Å². The van der Waals surface area contributed by atoms with E-state index >= 15 is 0 Å². The van der Waals surface area contributed by atoms with Crippen LogP contribution in [0.5, 0.6) is 0 Å². The van der Waals surface area contributed by atoms with Gasteiger partial charge in [0.15, 0.2) is 0 Å². The molecule has 13 heavy (non-hydrogen) atoms. The molecule has 0 bridgehead atoms. The van der Waals surface area contributed by atoms with Crippen LogP contribution in [0.2, 0.25) is 0 Å². The van der Waals surface area contributed by atoms with Gasteiger partial charge in [-0.1, -0.05) is 47.6 Å². The maximum atomic E-state index is 13.4. The van der Waals surface area contributed by atoms with Crippen LogP contribution in [0.1, 0.15) is 41.5 Å². The molecule has 0 aliphatic carbocycles. The number of rotatable bonds is 1. The average Bonchev–Trinajstić information content (AvgIpc) is 1.79. The zero-order valence-corrected chi connectivity index (χ0v) is 9.41. The molecule has 2 heteroatoms. The van der Waals surface area contributed by atoms with Crippen molar-refractivity contribution in [3.63, 3.8) is 0 Å². The molecule has 0 heterocycles. The molecular formula is C11H20F2. The summed E-state index contributed by atoms with van der Waals surface area (Å²) in [5.74, 6) is -2.74. The SMILES string of the molecule is CC(C)(C)/C=C\C(F)(F)C(C)(C)C. The Morgan fingerprint density at radius 1 is 0.769 bits per heavy atom. The lowest BCUT2D eigenvalue weighted by Gasteiger charge is -2.28. The van der Waals surface area contributed by atoms with Crippen LogP contribution in [0.3, 0.4) is 0 Å². The lowest BCUT2D eigenvalue weighted by molar-refractivity contribution is -0.0506. The van der Waals surface area contributed by atoms with Crippen LogP contribution in [-0.2, 0) is 0 Å². The Labute approximate surface area is 80.0 Å². The molecule has 0 aliphatic rings. The molecule has 78 valence electrons. The number of alkyl halides is 2. The molecule has 0 rings (SSSR count). The standard InChI is InChI=1S/C11H20F2/c1-9(2,3)7-8-11(12,13)10(4,5)6/h7-8H,1-6H3/b8-7-. The third kappa shape index (κ3) is 4.39. The maximum Gasteiger partial charge on any atom is 0.271 e. The summed E-state index contributed by atoms with van der Waals surface area (Å²) >= 11 is 0. The molecule has 0 aromatic heterocycles. The van der Waals surface area contributed by atoms with Gasteiger partial charge in [0.2, 0.25) is 0 Å². The van der Waals surface area contributed by atoms with Crippen LogP contribution in [0.15, 0.2) is 12.2 Å². The van der Waals surface area contributed by atoms with Gasteiger partial charge in [0.05, 0.1) is 0 Å². The normalized spacial score (nSPS) is 15.4. The van der Waals surface area contributed by atoms with Gasteiger partial charge in [-0.15, -0.1) is 0 Å². The fourth-order valence-corrected chi connectivity index (χ4v) is 0.605. The van der Waals surface area contributed by atoms with Crippen molar-refractivity contribution in [2.45, 2.75) is 47.5 Å². The number of hydrogen-bond donors (Lipinski definition) is 0. The summed E-state index contributed by atoms with van der Waals surface area (Å²) < 4.78 is 26.7. The van der Waals surface area contributed by atoms with Crippen molar-refractivity contribution >= 4 is 0 Å². The molecule has 0 radical (unpaired) electrons. The highest BCUT2D eigenvalue weighted by Crippen LogP contribution is 2.37. The van der Waals surface area contributed by atoms with Crippen LogP contribution in [0.25, 0.3) is 0 Å². The van der Waals surface area contributed by atoms with Crippen LogP contribution in [0.4, 0.5) is 8.78 Å². The molecule has 0 spiro atoms. The summed E-state index contributed by atoms with van der Waals surface area (Å²) in [6, 6.07) is 0. The lowest BCUT2D eigenvalue weighted by atomic mass is 9.85. The van der Waals surface area contributed by atoms with Crippen LogP contribution >= 0.6 is 0 Å². The second-order valence-electron chi connectivity index (χ2n) is 5.57. The van der Waals surface area contributed by atoms with Gasteiger partial charge in [0, 0.05) is 5.41 Å². The third-order valence-electron chi connectivity index (χ3n) is 1.79. The molecule has 0 aromatic rings. The monoisotopic (exact) mass is 190 g/mol. The van der Waals surface area contributed by atoms with Gasteiger partial charge >= 0.3 is 0 Å². The first kappa shape index (κ1) is 12.6. The summed E-state index contributed by atoms with van der Waals surface area (Å²) in [4.78, 5) is 0. The summed E-state index contributed by atoms with van der Waals surface area (Å²) in [5, 5.41) is 0. The largest absolute Gasteiger partial charge is 0.271 e. The second-order valence-corrected chi connectivity index (χ2v) is 5.57. The first-order valence-electron chi connectivity index (χ1n) is 4.54. The highest BCUT2D eigenvalue weighted by molar-refractivity contribution is 5.04. The van der Waals surface area contributed by atoms with E-state index < -0.39 is 11.3 Å². The number of halogens is 2. The zero-order valence-electron chi connectivity index (χ0n) is 9.41. The van der Waals surface area contributed by atoms with E-state index in [-0.39, 0.29) is 5.41 Å². The Kier molecular flexibility index (Phi) is 3.29. The minimum absolute atomic E-state index is 0.186. The molecule has 0 nitrogen and oxygen atoms in total. The minimum atomic E-state index is -2.74. The molecule has 0 N–H and O–H groups in total. The summed E-state index contributed by atoms with van der Waals surface area (Å²) in [5.41, 5.74) is -1.19. The molecule has 0 atom stereocenters. The van der Waals surface area contributed by atoms with E-state index in [9.17, 15) is 8.78 Å². The quantitative estimate of drug-likeness (QED) is 0.542. The lowest BCUT2D eigenvalue weighted by Crippen LogP contribution is -2.31. The molecule has 0 saturated heterocycles. The summed E-state index contributed by atoms with van der Waals surface area (Å²) in [6.07, 6.45) is 2.59. The van der Waals surface area contributed by atoms with Crippen LogP contribution < -0.4 is 0 Å². The minimum Gasteiger partial charge on any atom is -0.201 e. The maximum absolute atomic E-state index is 13.4. The van der Waals surface area contributed by atoms with E-state index in [0.29, 0.717) is 0 Å². The van der Waals surface area contributed by atoms with Crippen molar-refractivity contribution in [2.24, 2.45) is 10.8 Å². The van der Waals surface area contributed by atoms with Crippen molar-refractivity contribution in [3.05, 3.63) is 12.2 Å². The Morgan fingerprint density at radius 3 is 1.38 bits per heavy atom. The zero-order chi connectivity index (χ0) is 10.9. The predicted octanol–water partition coefficient (Wildman–Crippen LogP) is 4.27. The fourth-order valence-electron chi connectivity index (χ4n) is 0.605. The van der Waals surface area contributed by atoms with Gasteiger partial charge in [0.1, 0.15) is 0 Å². The molecule has 0 unspecified atom stereocenters. The van der Waals surface area contributed by atoms with E-state index in [1.165, 1.54) is 0 Å². The average molecular weight is 190 g/mol. The fraction of sp³-hybridized carbons (Fsp3) is 0.818. The summed E-state index contributed by atoms with van der Waals surface area (Å²) in [6.45, 7) is 10.3. The van der Waals surface area contributed by atoms with E-state index in [4.69, 9.17) is 0 Å². The second kappa shape index (κ2) is 3.39. The molecule has 0 fully saturated rings. The van der Waals surface area contributed by atoms with Crippen molar-refractivity contribution in [2.75, 3.05) is 0 Å². The molecule has 0 aliphatic heterocycles. The molecule has 0 amide bonds. The smallest absolute Gasteiger partial charge is 0.201 e. The Bertz CT molecular complexity index is 189. The molecule has 0 saturated carbocycles. The molecular weight excluding hydrogens is 170 g/mol. The van der Waals surface area contributed by atoms with Gasteiger partial charge in [-0.2, -0.15) is 0 Å². The van der Waals surface area contributed by atoms with Gasteiger partial charge in [-0.25, -0.2) is 8.78 Å². The first-order chi connectivity index (χ1) is 5.46. The van der Waals surface area contributed by atoms with Crippen LogP contribution in [0, 0.1) is 10.8 Å². The Hall–Kier alpha value is -0.400. The Morgan fingerprint density at radius 2 is 1.15 bits per heavy atom. The van der Waals surface area contributed by atoms with Crippen molar-refractivity contribution < 1.29 is 8.78 Å². The van der Waals surface area contributed by atoms with E-state index in [1.807, 2.05) is 20.8 Å². The van der Waals surface area contributed by atoms with Gasteiger partial charge in [-0.3, -0.25) is 0 Å². The Balaban J connectivity index is 4.62. The van der Waals surface area contributed by atoms with E-state index in [2.05, 4.69) is 0 Å². The highest BCUT2D eigenvalue weighted by atomic mass is 19.3. The molecule has 0 aromatic carbocycles. The van der Waals surface area contributed by atoms with E-state index in [1.54, 1.807) is 26.8 Å². The first-order valence-corrected chi connectivity index (χ1v) is 4.54. The van der Waals surface area contributed by atoms with Gasteiger partial charge in [-0.05, 0) is 11.5 Å². The summed E-state index contributed by atoms with van der Waals surface area (Å²) in [7, 11) is 0. The number of hydrogen-bond acceptors (Lipinski definition) is 0. The predicted molar refractivity (Wildman–Crippen MR) is 53.0 cm³/mol. The third-order valence-corrected chi connectivity index (χ3v) is 1.79. The van der Waals surface area contributed by atoms with Gasteiger partial charge < -0.3 is 0 Å². The van der Waals surface area contributed by atoms with Crippen molar-refractivity contribution in [3.8, 4) is 0 Å². The topological polar surface area (TPSA) is 0 Å². The van der Waals surface area contributed by atoms with Crippen molar-refractivity contribution in [1.29, 1.82) is 0 Å². The highest BCUT2D eigenvalue weighted by Gasteiger charge is 2.40. The van der Waals surface area contributed by atoms with Gasteiger partial charge in [0.25, 0.3) is 5.92 Å². The van der Waals surface area contributed by atoms with Crippen molar-refractivity contribution in [1.82, 2.24) is 0 Å².